The molecule has 7 rings (SSSR count). The van der Waals surface area contributed by atoms with Crippen LogP contribution in [0.1, 0.15) is 95.4 Å². The quantitative estimate of drug-likeness (QED) is 0.0472. The summed E-state index contributed by atoms with van der Waals surface area (Å²) < 4.78 is 11.0. The number of ether oxygens (including phenoxy) is 2. The van der Waals surface area contributed by atoms with E-state index in [4.69, 9.17) is 14.5 Å². The van der Waals surface area contributed by atoms with E-state index in [2.05, 4.69) is 36.1 Å². The van der Waals surface area contributed by atoms with Gasteiger partial charge in [0, 0.05) is 60.7 Å². The number of carbonyl (C=O) groups excluding carboxylic acids is 5. The van der Waals surface area contributed by atoms with Crippen molar-refractivity contribution in [3.8, 4) is 0 Å². The molecule has 65 heavy (non-hydrogen) atoms. The van der Waals surface area contributed by atoms with Gasteiger partial charge in [-0.15, -0.1) is 0 Å². The fourth-order valence-corrected chi connectivity index (χ4v) is 8.44. The van der Waals surface area contributed by atoms with Gasteiger partial charge in [-0.3, -0.25) is 9.59 Å². The van der Waals surface area contributed by atoms with E-state index in [-0.39, 0.29) is 25.0 Å². The first-order valence-electron chi connectivity index (χ1n) is 22.4. The van der Waals surface area contributed by atoms with Crippen LogP contribution in [0.2, 0.25) is 0 Å². The van der Waals surface area contributed by atoms with Gasteiger partial charge in [0.15, 0.2) is 0 Å². The number of urea groups is 1. The Kier molecular flexibility index (Phi) is 14.1. The summed E-state index contributed by atoms with van der Waals surface area (Å²) >= 11 is 0. The average molecular weight is 888 g/mol. The van der Waals surface area contributed by atoms with Crippen LogP contribution in [0.15, 0.2) is 97.3 Å². The number of amides is 5. The van der Waals surface area contributed by atoms with Crippen molar-refractivity contribution >= 4 is 46.5 Å². The number of likely N-dealkylation sites (tertiary alicyclic amines) is 1. The van der Waals surface area contributed by atoms with E-state index in [1.54, 1.807) is 45.7 Å². The first kappa shape index (κ1) is 46.2. The van der Waals surface area contributed by atoms with Gasteiger partial charge in [0.2, 0.25) is 11.8 Å². The molecule has 0 bridgehead atoms. The highest BCUT2D eigenvalue weighted by atomic mass is 16.6. The molecular weight excluding hydrogens is 827 g/mol. The van der Waals surface area contributed by atoms with Crippen LogP contribution in [0.4, 0.5) is 15.3 Å². The molecule has 2 aromatic heterocycles. The Balaban J connectivity index is 1.02. The van der Waals surface area contributed by atoms with Crippen molar-refractivity contribution in [2.45, 2.75) is 108 Å². The Morgan fingerprint density at radius 3 is 2.29 bits per heavy atom. The van der Waals surface area contributed by atoms with Crippen molar-refractivity contribution in [2.75, 3.05) is 31.2 Å². The number of nitrogens with one attached hydrogen (secondary N) is 6. The first-order chi connectivity index (χ1) is 31.1. The number of imidazole rings is 1. The molecule has 4 heterocycles. The number of esters is 1. The number of H-pyrrole nitrogens is 2. The number of anilines is 1. The minimum Gasteiger partial charge on any atom is -0.458 e. The zero-order valence-electron chi connectivity index (χ0n) is 37.9. The number of benzene rings is 3. The van der Waals surface area contributed by atoms with E-state index in [1.807, 2.05) is 91.1 Å². The topological polar surface area (TPSA) is 203 Å². The summed E-state index contributed by atoms with van der Waals surface area (Å²) in [6, 6.07) is 25.3. The maximum absolute atomic E-state index is 14.2. The molecule has 1 spiro atoms. The van der Waals surface area contributed by atoms with Crippen molar-refractivity contribution in [2.24, 2.45) is 0 Å². The monoisotopic (exact) mass is 887 g/mol. The molecule has 0 saturated carbocycles. The van der Waals surface area contributed by atoms with Gasteiger partial charge in [0.1, 0.15) is 29.6 Å². The van der Waals surface area contributed by atoms with Crippen molar-refractivity contribution in [3.63, 3.8) is 0 Å². The molecule has 0 aliphatic carbocycles. The van der Waals surface area contributed by atoms with Gasteiger partial charge >= 0.3 is 18.1 Å². The van der Waals surface area contributed by atoms with E-state index in [0.717, 1.165) is 27.7 Å². The highest BCUT2D eigenvalue weighted by Crippen LogP contribution is 2.36. The smallest absolute Gasteiger partial charge is 0.407 e. The Bertz CT molecular complexity index is 2440. The molecule has 3 aromatic carbocycles. The molecule has 0 radical (unpaired) electrons. The summed E-state index contributed by atoms with van der Waals surface area (Å²) in [7, 11) is 0. The minimum atomic E-state index is -1.20. The lowest BCUT2D eigenvalue weighted by Gasteiger charge is -2.43. The number of aromatic nitrogens is 3. The summed E-state index contributed by atoms with van der Waals surface area (Å²) in [4.78, 5) is 82.7. The fourth-order valence-electron chi connectivity index (χ4n) is 8.44. The molecular formula is C49H61N9O7. The zero-order valence-corrected chi connectivity index (χ0v) is 37.9. The lowest BCUT2D eigenvalue weighted by atomic mass is 9.85. The second-order valence-corrected chi connectivity index (χ2v) is 18.4. The number of piperidine rings is 1. The van der Waals surface area contributed by atoms with Crippen LogP contribution in [-0.2, 0) is 42.3 Å². The van der Waals surface area contributed by atoms with Crippen LogP contribution in [-0.4, -0.2) is 93.2 Å². The minimum absolute atomic E-state index is 0.0305. The van der Waals surface area contributed by atoms with Gasteiger partial charge in [-0.05, 0) is 96.0 Å². The molecule has 16 heteroatoms. The molecule has 6 N–H and O–H groups in total. The van der Waals surface area contributed by atoms with E-state index in [0.29, 0.717) is 69.9 Å². The van der Waals surface area contributed by atoms with Gasteiger partial charge in [0.05, 0.1) is 18.1 Å². The number of fused-ring (bicyclic) bond motifs is 1. The Morgan fingerprint density at radius 2 is 1.57 bits per heavy atom. The van der Waals surface area contributed by atoms with Gasteiger partial charge in [-0.1, -0.05) is 66.7 Å². The summed E-state index contributed by atoms with van der Waals surface area (Å²) in [5.41, 5.74) is 1.52. The van der Waals surface area contributed by atoms with Gasteiger partial charge in [0.25, 0.3) is 0 Å². The summed E-state index contributed by atoms with van der Waals surface area (Å²) in [6.07, 6.45) is 5.61. The van der Waals surface area contributed by atoms with Gasteiger partial charge < -0.3 is 50.5 Å². The standard InChI is InChI=1S/C49H61N9O7/c1-47(2,3)65-42(59)38(22-14-15-25-50-46(63)64-31-33-16-8-6-9-17-33)54-43(60)48(4,5)40-30-52-41(56-40)39(28-34-29-51-37-21-13-12-20-36(34)37)55-45(62)57-26-23-49(24-27-57)44(61)53-32-58(49)35-18-10-7-11-19-35/h6-13,16-21,29-30,38-39,51H,14-15,22-28,31-32H2,1-5H3,(H,50,63)(H,52,56)(H,53,61)(H,54,60)(H,55,62)/t38-,39-/m1/s1. The molecule has 344 valence electrons. The third-order valence-electron chi connectivity index (χ3n) is 12.2. The molecule has 5 amide bonds. The Morgan fingerprint density at radius 1 is 0.877 bits per heavy atom. The van der Waals surface area contributed by atoms with E-state index in [1.165, 1.54) is 0 Å². The second kappa shape index (κ2) is 19.9. The number of rotatable bonds is 16. The first-order valence-corrected chi connectivity index (χ1v) is 22.4. The summed E-state index contributed by atoms with van der Waals surface area (Å²) in [5.74, 6) is -0.561. The molecule has 16 nitrogen and oxygen atoms in total. The van der Waals surface area contributed by atoms with Crippen LogP contribution in [0, 0.1) is 0 Å². The fraction of sp³-hybridized carbons (Fsp3) is 0.429. The van der Waals surface area contributed by atoms with Crippen LogP contribution in [0.25, 0.3) is 10.9 Å². The van der Waals surface area contributed by atoms with Gasteiger partial charge in [-0.2, -0.15) is 0 Å². The number of para-hydroxylation sites is 2. The van der Waals surface area contributed by atoms with Crippen LogP contribution in [0.5, 0.6) is 0 Å². The molecule has 5 aromatic rings. The van der Waals surface area contributed by atoms with Crippen molar-refractivity contribution in [1.29, 1.82) is 0 Å². The predicted octanol–water partition coefficient (Wildman–Crippen LogP) is 6.51. The maximum Gasteiger partial charge on any atom is 0.407 e. The molecule has 2 atom stereocenters. The molecule has 0 unspecified atom stereocenters. The second-order valence-electron chi connectivity index (χ2n) is 18.4. The molecule has 2 aliphatic rings. The van der Waals surface area contributed by atoms with Crippen LogP contribution in [0.3, 0.4) is 0 Å². The van der Waals surface area contributed by atoms with Gasteiger partial charge in [-0.25, -0.2) is 19.4 Å². The van der Waals surface area contributed by atoms with Crippen molar-refractivity contribution < 1.29 is 33.4 Å². The lowest BCUT2D eigenvalue weighted by molar-refractivity contribution is -0.159. The molecule has 2 fully saturated rings. The van der Waals surface area contributed by atoms with Crippen LogP contribution >= 0.6 is 0 Å². The number of hydrogen-bond acceptors (Lipinski definition) is 9. The maximum atomic E-state index is 14.2. The Labute approximate surface area is 379 Å². The number of unbranched alkanes of at least 4 members (excludes halogenated alkanes) is 1. The summed E-state index contributed by atoms with van der Waals surface area (Å²) in [6.45, 7) is 10.4. The molecule has 2 saturated heterocycles. The third kappa shape index (κ3) is 11.1. The predicted molar refractivity (Wildman–Crippen MR) is 247 cm³/mol. The van der Waals surface area contributed by atoms with Crippen molar-refractivity contribution in [3.05, 3.63) is 120 Å². The largest absolute Gasteiger partial charge is 0.458 e. The number of aromatic amines is 2. The highest BCUT2D eigenvalue weighted by molar-refractivity contribution is 5.94. The number of alkyl carbamates (subject to hydrolysis) is 1. The number of nitrogens with zero attached hydrogens (tertiary/aromatic N) is 3. The normalized spacial score (nSPS) is 15.9. The number of carbonyl (C=O) groups is 5. The summed E-state index contributed by atoms with van der Waals surface area (Å²) in [5, 5.41) is 12.9. The number of hydrogen-bond donors (Lipinski definition) is 6. The SMILES string of the molecule is CC(C)(C)OC(=O)[C@@H](CCCCNC(=O)OCc1ccccc1)NC(=O)C(C)(C)c1cnc([C@@H](Cc2c[nH]c3ccccc23)NC(=O)N2CCC3(CC2)C(=O)NCN3c2ccccc2)[nH]1. The van der Waals surface area contributed by atoms with E-state index >= 15 is 0 Å². The van der Waals surface area contributed by atoms with Crippen molar-refractivity contribution in [1.82, 2.24) is 41.1 Å². The third-order valence-corrected chi connectivity index (χ3v) is 12.2. The van der Waals surface area contributed by atoms with E-state index in [9.17, 15) is 24.0 Å². The van der Waals surface area contributed by atoms with E-state index < -0.39 is 46.6 Å². The highest BCUT2D eigenvalue weighted by Gasteiger charge is 2.51. The zero-order chi connectivity index (χ0) is 46.2. The van der Waals surface area contributed by atoms with Crippen LogP contribution < -0.4 is 26.2 Å². The average Bonchev–Trinajstić information content (AvgIpc) is 4.03. The lowest BCUT2D eigenvalue weighted by Crippen LogP contribution is -2.58. The molecule has 2 aliphatic heterocycles. The Hall–Kier alpha value is -6.84.